The van der Waals surface area contributed by atoms with E-state index in [0.29, 0.717) is 36.0 Å². The van der Waals surface area contributed by atoms with Gasteiger partial charge in [0.05, 0.1) is 12.3 Å². The van der Waals surface area contributed by atoms with Gasteiger partial charge >= 0.3 is 5.97 Å². The minimum Gasteiger partial charge on any atom is -0.493 e. The molecule has 0 spiro atoms. The van der Waals surface area contributed by atoms with Crippen molar-refractivity contribution in [2.45, 2.75) is 25.8 Å². The second kappa shape index (κ2) is 12.5. The van der Waals surface area contributed by atoms with Gasteiger partial charge in [-0.15, -0.1) is 0 Å². The number of amides is 1. The largest absolute Gasteiger partial charge is 0.493 e. The highest BCUT2D eigenvalue weighted by Crippen LogP contribution is 2.22. The van der Waals surface area contributed by atoms with Crippen LogP contribution in [0.15, 0.2) is 83.3 Å². The average Bonchev–Trinajstić information content (AvgIpc) is 3.29. The molecule has 0 aliphatic carbocycles. The van der Waals surface area contributed by atoms with Gasteiger partial charge in [0, 0.05) is 18.4 Å². The van der Waals surface area contributed by atoms with Gasteiger partial charge in [0.1, 0.15) is 29.1 Å². The van der Waals surface area contributed by atoms with E-state index in [9.17, 15) is 19.1 Å². The smallest absolute Gasteiger partial charge is 0.326 e. The number of aryl methyl sites for hydroxylation is 1. The standard InChI is InChI=1S/C29H27FN2O6/c1-19-25(32-28(38-19)21-5-3-2-4-6-21)15-16-36-23-11-7-20(8-12-23)17-26(29(34)35)31-27(33)18-37-24-13-9-22(30)10-14-24/h2-14,26H,15-18H2,1H3,(H,31,33)(H,34,35)/t26-/m0/s1. The molecule has 1 aromatic heterocycles. The number of ether oxygens (including phenoxy) is 2. The summed E-state index contributed by atoms with van der Waals surface area (Å²) in [4.78, 5) is 28.4. The van der Waals surface area contributed by atoms with Crippen molar-refractivity contribution in [3.8, 4) is 23.0 Å². The number of nitrogens with one attached hydrogen (secondary N) is 1. The molecule has 1 atom stereocenters. The molecular formula is C29H27FN2O6. The van der Waals surface area contributed by atoms with E-state index in [1.807, 2.05) is 37.3 Å². The topological polar surface area (TPSA) is 111 Å². The Bertz CT molecular complexity index is 1350. The van der Waals surface area contributed by atoms with E-state index in [0.717, 1.165) is 17.0 Å². The quantitative estimate of drug-likeness (QED) is 0.282. The maximum absolute atomic E-state index is 13.0. The highest BCUT2D eigenvalue weighted by Gasteiger charge is 2.21. The lowest BCUT2D eigenvalue weighted by Gasteiger charge is -2.15. The van der Waals surface area contributed by atoms with Crippen molar-refractivity contribution in [1.82, 2.24) is 10.3 Å². The number of carboxylic acids is 1. The molecule has 4 aromatic rings. The summed E-state index contributed by atoms with van der Waals surface area (Å²) in [5.41, 5.74) is 2.45. The van der Waals surface area contributed by atoms with E-state index in [-0.39, 0.29) is 13.0 Å². The third-order valence-corrected chi connectivity index (χ3v) is 5.70. The highest BCUT2D eigenvalue weighted by atomic mass is 19.1. The van der Waals surface area contributed by atoms with Crippen LogP contribution in [0.3, 0.4) is 0 Å². The highest BCUT2D eigenvalue weighted by molar-refractivity contribution is 5.84. The molecule has 0 aliphatic rings. The van der Waals surface area contributed by atoms with Crippen molar-refractivity contribution < 1.29 is 33.0 Å². The van der Waals surface area contributed by atoms with E-state index in [1.54, 1.807) is 24.3 Å². The fourth-order valence-corrected chi connectivity index (χ4v) is 3.70. The molecule has 0 aliphatic heterocycles. The van der Waals surface area contributed by atoms with Crippen LogP contribution in [0.25, 0.3) is 11.5 Å². The Morgan fingerprint density at radius 2 is 1.63 bits per heavy atom. The first-order valence-corrected chi connectivity index (χ1v) is 12.0. The van der Waals surface area contributed by atoms with E-state index in [1.165, 1.54) is 24.3 Å². The molecule has 9 heteroatoms. The molecule has 1 heterocycles. The molecule has 0 radical (unpaired) electrons. The first-order chi connectivity index (χ1) is 18.4. The molecule has 0 fully saturated rings. The lowest BCUT2D eigenvalue weighted by molar-refractivity contribution is -0.142. The van der Waals surface area contributed by atoms with Gasteiger partial charge in [0.15, 0.2) is 6.61 Å². The van der Waals surface area contributed by atoms with Gasteiger partial charge in [0.2, 0.25) is 5.89 Å². The number of halogens is 1. The van der Waals surface area contributed by atoms with Gasteiger partial charge < -0.3 is 24.3 Å². The second-order valence-electron chi connectivity index (χ2n) is 8.54. The number of nitrogens with zero attached hydrogens (tertiary/aromatic N) is 1. The zero-order valence-corrected chi connectivity index (χ0v) is 20.7. The lowest BCUT2D eigenvalue weighted by atomic mass is 10.1. The van der Waals surface area contributed by atoms with Crippen LogP contribution in [-0.4, -0.2) is 41.2 Å². The number of rotatable bonds is 12. The maximum Gasteiger partial charge on any atom is 0.326 e. The summed E-state index contributed by atoms with van der Waals surface area (Å²) in [6.07, 6.45) is 0.648. The first kappa shape index (κ1) is 26.4. The first-order valence-electron chi connectivity index (χ1n) is 12.0. The Labute approximate surface area is 219 Å². The summed E-state index contributed by atoms with van der Waals surface area (Å²) < 4.78 is 29.8. The summed E-state index contributed by atoms with van der Waals surface area (Å²) >= 11 is 0. The number of aliphatic carboxylic acids is 1. The van der Waals surface area contributed by atoms with Crippen molar-refractivity contribution in [2.75, 3.05) is 13.2 Å². The fourth-order valence-electron chi connectivity index (χ4n) is 3.70. The van der Waals surface area contributed by atoms with E-state index in [4.69, 9.17) is 13.9 Å². The van der Waals surface area contributed by atoms with Crippen molar-refractivity contribution in [3.05, 3.63) is 102 Å². The molecule has 3 aromatic carbocycles. The van der Waals surface area contributed by atoms with Crippen molar-refractivity contribution in [1.29, 1.82) is 0 Å². The van der Waals surface area contributed by atoms with Crippen LogP contribution < -0.4 is 14.8 Å². The Hall–Kier alpha value is -4.66. The summed E-state index contributed by atoms with van der Waals surface area (Å²) in [6.45, 7) is 1.87. The van der Waals surface area contributed by atoms with Crippen molar-refractivity contribution >= 4 is 11.9 Å². The van der Waals surface area contributed by atoms with E-state index < -0.39 is 23.7 Å². The SMILES string of the molecule is Cc1oc(-c2ccccc2)nc1CCOc1ccc(C[C@H](NC(=O)COc2ccc(F)cc2)C(=O)O)cc1. The van der Waals surface area contributed by atoms with Crippen LogP contribution >= 0.6 is 0 Å². The Morgan fingerprint density at radius 3 is 2.32 bits per heavy atom. The molecule has 1 amide bonds. The van der Waals surface area contributed by atoms with Crippen LogP contribution in [0, 0.1) is 12.7 Å². The Morgan fingerprint density at radius 1 is 0.974 bits per heavy atom. The number of carbonyl (C=O) groups excluding carboxylic acids is 1. The predicted molar refractivity (Wildman–Crippen MR) is 137 cm³/mol. The maximum atomic E-state index is 13.0. The zero-order valence-electron chi connectivity index (χ0n) is 20.7. The number of carbonyl (C=O) groups is 2. The molecular weight excluding hydrogens is 491 g/mol. The number of hydrogen-bond acceptors (Lipinski definition) is 6. The third-order valence-electron chi connectivity index (χ3n) is 5.70. The fraction of sp³-hybridized carbons (Fsp3) is 0.207. The van der Waals surface area contributed by atoms with Crippen LogP contribution in [0.1, 0.15) is 17.0 Å². The summed E-state index contributed by atoms with van der Waals surface area (Å²) in [5, 5.41) is 12.0. The van der Waals surface area contributed by atoms with Crippen molar-refractivity contribution in [2.24, 2.45) is 0 Å². The van der Waals surface area contributed by atoms with Gasteiger partial charge in [-0.2, -0.15) is 0 Å². The number of oxazole rings is 1. The lowest BCUT2D eigenvalue weighted by Crippen LogP contribution is -2.44. The number of carboxylic acid groups (broad SMARTS) is 1. The molecule has 0 saturated carbocycles. The Kier molecular flexibility index (Phi) is 8.71. The van der Waals surface area contributed by atoms with Crippen LogP contribution in [0.4, 0.5) is 4.39 Å². The molecule has 8 nitrogen and oxygen atoms in total. The minimum absolute atomic E-state index is 0.0816. The molecule has 0 unspecified atom stereocenters. The average molecular weight is 519 g/mol. The number of benzene rings is 3. The van der Waals surface area contributed by atoms with Crippen LogP contribution in [-0.2, 0) is 22.4 Å². The summed E-state index contributed by atoms with van der Waals surface area (Å²) in [5.74, 6) is 0.0588. The molecule has 4 rings (SSSR count). The molecule has 0 bridgehead atoms. The van der Waals surface area contributed by atoms with Crippen molar-refractivity contribution in [3.63, 3.8) is 0 Å². The van der Waals surface area contributed by atoms with Gasteiger partial charge in [-0.3, -0.25) is 4.79 Å². The Balaban J connectivity index is 1.25. The van der Waals surface area contributed by atoms with E-state index >= 15 is 0 Å². The van der Waals surface area contributed by atoms with Gasteiger partial charge in [-0.05, 0) is 61.0 Å². The molecule has 38 heavy (non-hydrogen) atoms. The number of hydrogen-bond donors (Lipinski definition) is 2. The molecule has 0 saturated heterocycles. The van der Waals surface area contributed by atoms with Gasteiger partial charge in [-0.25, -0.2) is 14.2 Å². The summed E-state index contributed by atoms with van der Waals surface area (Å²) in [7, 11) is 0. The zero-order chi connectivity index (χ0) is 26.9. The van der Waals surface area contributed by atoms with E-state index in [2.05, 4.69) is 10.3 Å². The third kappa shape index (κ3) is 7.42. The molecule has 196 valence electrons. The second-order valence-corrected chi connectivity index (χ2v) is 8.54. The molecule has 2 N–H and O–H groups in total. The normalized spacial score (nSPS) is 11.5. The minimum atomic E-state index is -1.17. The van der Waals surface area contributed by atoms with Crippen LogP contribution in [0.5, 0.6) is 11.5 Å². The van der Waals surface area contributed by atoms with Gasteiger partial charge in [0.25, 0.3) is 5.91 Å². The van der Waals surface area contributed by atoms with Gasteiger partial charge in [-0.1, -0.05) is 30.3 Å². The number of aromatic nitrogens is 1. The predicted octanol–water partition coefficient (Wildman–Crippen LogP) is 4.60. The summed E-state index contributed by atoms with van der Waals surface area (Å²) in [6, 6.07) is 20.7. The van der Waals surface area contributed by atoms with Crippen LogP contribution in [0.2, 0.25) is 0 Å². The monoisotopic (exact) mass is 518 g/mol.